The molecule has 2 heterocycles. The minimum atomic E-state index is -0.348. The third-order valence-electron chi connectivity index (χ3n) is 4.72. The number of fused-ring (bicyclic) bond motifs is 2. The van der Waals surface area contributed by atoms with Crippen LogP contribution < -0.4 is 15.6 Å². The van der Waals surface area contributed by atoms with Crippen LogP contribution in [-0.2, 0) is 19.3 Å². The predicted octanol–water partition coefficient (Wildman–Crippen LogP) is 1.72. The molecule has 2 aromatic heterocycles. The van der Waals surface area contributed by atoms with Crippen LogP contribution in [0.1, 0.15) is 33.9 Å². The first-order chi connectivity index (χ1) is 12.6. The van der Waals surface area contributed by atoms with Crippen molar-refractivity contribution >= 4 is 16.9 Å². The van der Waals surface area contributed by atoms with E-state index in [1.165, 1.54) is 0 Å². The van der Waals surface area contributed by atoms with E-state index >= 15 is 0 Å². The van der Waals surface area contributed by atoms with Gasteiger partial charge < -0.3 is 20.0 Å². The van der Waals surface area contributed by atoms with Crippen molar-refractivity contribution in [2.24, 2.45) is 0 Å². The van der Waals surface area contributed by atoms with Crippen molar-refractivity contribution in [1.82, 2.24) is 20.3 Å². The Morgan fingerprint density at radius 1 is 1.27 bits per heavy atom. The summed E-state index contributed by atoms with van der Waals surface area (Å²) in [6.07, 6.45) is 3.36. The zero-order valence-corrected chi connectivity index (χ0v) is 14.5. The van der Waals surface area contributed by atoms with Crippen LogP contribution in [0.4, 0.5) is 0 Å². The highest BCUT2D eigenvalue weighted by atomic mass is 16.5. The van der Waals surface area contributed by atoms with Crippen molar-refractivity contribution in [2.75, 3.05) is 13.7 Å². The first-order valence-electron chi connectivity index (χ1n) is 8.70. The molecule has 26 heavy (non-hydrogen) atoms. The summed E-state index contributed by atoms with van der Waals surface area (Å²) in [6.45, 7) is 0.395. The Kier molecular flexibility index (Phi) is 4.20. The molecular formula is C19H20N4O3. The second-order valence-electron chi connectivity index (χ2n) is 6.44. The molecule has 1 aliphatic carbocycles. The molecule has 0 saturated carbocycles. The van der Waals surface area contributed by atoms with Gasteiger partial charge in [-0.15, -0.1) is 0 Å². The number of nitrogens with one attached hydrogen (secondary N) is 3. The Morgan fingerprint density at radius 3 is 3.00 bits per heavy atom. The molecule has 4 rings (SSSR count). The highest BCUT2D eigenvalue weighted by Gasteiger charge is 2.17. The maximum absolute atomic E-state index is 12.3. The Labute approximate surface area is 149 Å². The fraction of sp³-hybridized carbons (Fsp3) is 0.316. The highest BCUT2D eigenvalue weighted by molar-refractivity contribution is 5.94. The minimum Gasteiger partial charge on any atom is -0.497 e. The topological polar surface area (TPSA) is 99.9 Å². The molecule has 3 N–H and O–H groups in total. The molecule has 3 aromatic rings. The summed E-state index contributed by atoms with van der Waals surface area (Å²) in [5.41, 5.74) is 3.63. The van der Waals surface area contributed by atoms with Gasteiger partial charge in [0.25, 0.3) is 11.5 Å². The number of amides is 1. The third kappa shape index (κ3) is 3.08. The molecule has 0 atom stereocenters. The molecule has 0 radical (unpaired) electrons. The van der Waals surface area contributed by atoms with Gasteiger partial charge in [0, 0.05) is 24.7 Å². The molecule has 1 aliphatic rings. The number of aromatic amines is 2. The van der Waals surface area contributed by atoms with E-state index in [4.69, 9.17) is 4.74 Å². The number of imidazole rings is 1. The molecule has 7 nitrogen and oxygen atoms in total. The SMILES string of the molecule is COc1ccc2nc(CCNC(=O)c3cc4c([nH]c3=O)CCC4)[nH]c2c1. The first kappa shape index (κ1) is 16.4. The molecular weight excluding hydrogens is 332 g/mol. The summed E-state index contributed by atoms with van der Waals surface area (Å²) >= 11 is 0. The molecule has 0 spiro atoms. The number of pyridine rings is 1. The number of ether oxygens (including phenoxy) is 1. The van der Waals surface area contributed by atoms with Gasteiger partial charge in [-0.2, -0.15) is 0 Å². The molecule has 0 bridgehead atoms. The number of hydrogen-bond donors (Lipinski definition) is 3. The van der Waals surface area contributed by atoms with Gasteiger partial charge in [-0.05, 0) is 43.0 Å². The van der Waals surface area contributed by atoms with E-state index in [0.29, 0.717) is 13.0 Å². The second-order valence-corrected chi connectivity index (χ2v) is 6.44. The number of benzene rings is 1. The van der Waals surface area contributed by atoms with Gasteiger partial charge in [0.15, 0.2) is 0 Å². The largest absolute Gasteiger partial charge is 0.497 e. The Morgan fingerprint density at radius 2 is 2.15 bits per heavy atom. The van der Waals surface area contributed by atoms with Crippen LogP contribution >= 0.6 is 0 Å². The van der Waals surface area contributed by atoms with E-state index in [9.17, 15) is 9.59 Å². The molecule has 1 aromatic carbocycles. The highest BCUT2D eigenvalue weighted by Crippen LogP contribution is 2.19. The van der Waals surface area contributed by atoms with E-state index in [-0.39, 0.29) is 17.0 Å². The van der Waals surface area contributed by atoms with Gasteiger partial charge in [-0.1, -0.05) is 0 Å². The zero-order chi connectivity index (χ0) is 18.1. The number of carbonyl (C=O) groups is 1. The summed E-state index contributed by atoms with van der Waals surface area (Å²) in [7, 11) is 1.62. The third-order valence-corrected chi connectivity index (χ3v) is 4.72. The van der Waals surface area contributed by atoms with E-state index in [1.807, 2.05) is 18.2 Å². The van der Waals surface area contributed by atoms with Crippen LogP contribution in [0.2, 0.25) is 0 Å². The van der Waals surface area contributed by atoms with Gasteiger partial charge in [-0.25, -0.2) is 4.98 Å². The summed E-state index contributed by atoms with van der Waals surface area (Å²) in [6, 6.07) is 7.35. The number of aromatic nitrogens is 3. The van der Waals surface area contributed by atoms with Gasteiger partial charge in [0.1, 0.15) is 17.1 Å². The number of methoxy groups -OCH3 is 1. The predicted molar refractivity (Wildman–Crippen MR) is 97.8 cm³/mol. The summed E-state index contributed by atoms with van der Waals surface area (Å²) < 4.78 is 5.20. The molecule has 0 fully saturated rings. The Hall–Kier alpha value is -3.09. The number of rotatable bonds is 5. The molecule has 1 amide bonds. The number of hydrogen-bond acceptors (Lipinski definition) is 4. The number of aryl methyl sites for hydroxylation is 2. The van der Waals surface area contributed by atoms with E-state index in [2.05, 4.69) is 20.3 Å². The van der Waals surface area contributed by atoms with Gasteiger partial charge >= 0.3 is 0 Å². The maximum Gasteiger partial charge on any atom is 0.261 e. The van der Waals surface area contributed by atoms with Crippen molar-refractivity contribution in [1.29, 1.82) is 0 Å². The van der Waals surface area contributed by atoms with Gasteiger partial charge in [-0.3, -0.25) is 9.59 Å². The van der Waals surface area contributed by atoms with Crippen LogP contribution in [0, 0.1) is 0 Å². The summed E-state index contributed by atoms with van der Waals surface area (Å²) in [4.78, 5) is 35.0. The monoisotopic (exact) mass is 352 g/mol. The van der Waals surface area contributed by atoms with Crippen molar-refractivity contribution in [2.45, 2.75) is 25.7 Å². The maximum atomic E-state index is 12.3. The molecule has 0 saturated heterocycles. The smallest absolute Gasteiger partial charge is 0.261 e. The quantitative estimate of drug-likeness (QED) is 0.651. The van der Waals surface area contributed by atoms with Crippen LogP contribution in [0.25, 0.3) is 11.0 Å². The van der Waals surface area contributed by atoms with Crippen LogP contribution in [-0.4, -0.2) is 34.5 Å². The molecule has 0 unspecified atom stereocenters. The minimum absolute atomic E-state index is 0.181. The standard InChI is InChI=1S/C19H20N4O3/c1-26-12-5-6-15-16(10-12)22-17(21-15)7-8-20-18(24)13-9-11-3-2-4-14(11)23-19(13)25/h5-6,9-10H,2-4,7-8H2,1H3,(H,20,24)(H,21,22)(H,23,25). The molecule has 7 heteroatoms. The van der Waals surface area contributed by atoms with Crippen molar-refractivity contribution < 1.29 is 9.53 Å². The van der Waals surface area contributed by atoms with Gasteiger partial charge in [0.05, 0.1) is 18.1 Å². The fourth-order valence-electron chi connectivity index (χ4n) is 3.36. The van der Waals surface area contributed by atoms with Gasteiger partial charge in [0.2, 0.25) is 0 Å². The average Bonchev–Trinajstić information content (AvgIpc) is 3.25. The number of carbonyl (C=O) groups excluding carboxylic acids is 1. The van der Waals surface area contributed by atoms with Crippen LogP contribution in [0.3, 0.4) is 0 Å². The van der Waals surface area contributed by atoms with E-state index < -0.39 is 0 Å². The lowest BCUT2D eigenvalue weighted by molar-refractivity contribution is 0.0952. The number of H-pyrrole nitrogens is 2. The second kappa shape index (κ2) is 6.67. The summed E-state index contributed by atoms with van der Waals surface area (Å²) in [5, 5.41) is 2.80. The van der Waals surface area contributed by atoms with Crippen molar-refractivity contribution in [3.63, 3.8) is 0 Å². The normalized spacial score (nSPS) is 13.0. The van der Waals surface area contributed by atoms with Crippen LogP contribution in [0.15, 0.2) is 29.1 Å². The summed E-state index contributed by atoms with van der Waals surface area (Å²) in [5.74, 6) is 1.19. The van der Waals surface area contributed by atoms with Crippen LogP contribution in [0.5, 0.6) is 5.75 Å². The molecule has 0 aliphatic heterocycles. The van der Waals surface area contributed by atoms with Crippen molar-refractivity contribution in [3.05, 3.63) is 57.3 Å². The molecule has 134 valence electrons. The van der Waals surface area contributed by atoms with E-state index in [1.54, 1.807) is 13.2 Å². The average molecular weight is 352 g/mol. The number of nitrogens with zero attached hydrogens (tertiary/aromatic N) is 1. The lowest BCUT2D eigenvalue weighted by Crippen LogP contribution is -2.31. The lowest BCUT2D eigenvalue weighted by atomic mass is 10.1. The zero-order valence-electron chi connectivity index (χ0n) is 14.5. The Bertz CT molecular complexity index is 1030. The lowest BCUT2D eigenvalue weighted by Gasteiger charge is -2.05. The van der Waals surface area contributed by atoms with Crippen molar-refractivity contribution in [3.8, 4) is 5.75 Å². The Balaban J connectivity index is 1.42. The first-order valence-corrected chi connectivity index (χ1v) is 8.70. The van der Waals surface area contributed by atoms with E-state index in [0.717, 1.165) is 53.1 Å². The fourth-order valence-corrected chi connectivity index (χ4v) is 3.36.